The van der Waals surface area contributed by atoms with Crippen molar-refractivity contribution >= 4 is 29.3 Å². The third-order valence-electron chi connectivity index (χ3n) is 2.62. The number of nitrogens with zero attached hydrogens (tertiary/aromatic N) is 1. The van der Waals surface area contributed by atoms with E-state index in [1.165, 1.54) is 11.8 Å². The van der Waals surface area contributed by atoms with Crippen LogP contribution in [-0.2, 0) is 11.2 Å². The molecule has 0 aliphatic carbocycles. The van der Waals surface area contributed by atoms with E-state index in [4.69, 9.17) is 11.6 Å². The van der Waals surface area contributed by atoms with Crippen molar-refractivity contribution in [3.05, 3.63) is 59.4 Å². The maximum atomic E-state index is 11.7. The minimum Gasteiger partial charge on any atom is -0.355 e. The predicted molar refractivity (Wildman–Crippen MR) is 83.1 cm³/mol. The fraction of sp³-hybridized carbons (Fsp3) is 0.200. The number of hydrogen-bond acceptors (Lipinski definition) is 3. The van der Waals surface area contributed by atoms with E-state index in [0.717, 1.165) is 17.0 Å². The summed E-state index contributed by atoms with van der Waals surface area (Å²) in [7, 11) is 0. The summed E-state index contributed by atoms with van der Waals surface area (Å²) in [6.45, 7) is 0.596. The van der Waals surface area contributed by atoms with Crippen molar-refractivity contribution in [1.82, 2.24) is 10.3 Å². The van der Waals surface area contributed by atoms with Crippen molar-refractivity contribution in [3.8, 4) is 0 Å². The Bertz CT molecular complexity index is 563. The molecule has 0 fully saturated rings. The van der Waals surface area contributed by atoms with E-state index in [-0.39, 0.29) is 5.91 Å². The summed E-state index contributed by atoms with van der Waals surface area (Å²) in [4.78, 5) is 16.9. The van der Waals surface area contributed by atoms with Crippen LogP contribution in [0.3, 0.4) is 0 Å². The van der Waals surface area contributed by atoms with Gasteiger partial charge in [0.1, 0.15) is 0 Å². The molecule has 20 heavy (non-hydrogen) atoms. The van der Waals surface area contributed by atoms with Gasteiger partial charge in [0.2, 0.25) is 5.91 Å². The molecular formula is C15H15ClN2OS. The number of nitrogens with one attached hydrogen (secondary N) is 1. The van der Waals surface area contributed by atoms with Gasteiger partial charge in [0, 0.05) is 29.8 Å². The third-order valence-corrected chi connectivity index (χ3v) is 4.14. The quantitative estimate of drug-likeness (QED) is 0.833. The molecular weight excluding hydrogens is 292 g/mol. The second-order valence-corrected chi connectivity index (χ2v) is 5.56. The maximum absolute atomic E-state index is 11.7. The molecule has 0 radical (unpaired) electrons. The highest BCUT2D eigenvalue weighted by Gasteiger charge is 2.05. The second-order valence-electron chi connectivity index (χ2n) is 4.14. The highest BCUT2D eigenvalue weighted by atomic mass is 35.5. The number of carbonyl (C=O) groups is 1. The Morgan fingerprint density at radius 3 is 2.75 bits per heavy atom. The number of aromatic nitrogens is 1. The molecule has 2 rings (SSSR count). The second kappa shape index (κ2) is 7.92. The van der Waals surface area contributed by atoms with Gasteiger partial charge < -0.3 is 5.32 Å². The Morgan fingerprint density at radius 2 is 2.00 bits per heavy atom. The van der Waals surface area contributed by atoms with E-state index in [2.05, 4.69) is 10.3 Å². The Kier molecular flexibility index (Phi) is 5.89. The maximum Gasteiger partial charge on any atom is 0.230 e. The molecule has 0 aliphatic rings. The summed E-state index contributed by atoms with van der Waals surface area (Å²) >= 11 is 7.47. The van der Waals surface area contributed by atoms with E-state index < -0.39 is 0 Å². The van der Waals surface area contributed by atoms with Crippen molar-refractivity contribution in [2.75, 3.05) is 12.3 Å². The fourth-order valence-electron chi connectivity index (χ4n) is 1.63. The zero-order valence-electron chi connectivity index (χ0n) is 10.9. The van der Waals surface area contributed by atoms with Gasteiger partial charge in [0.25, 0.3) is 0 Å². The number of benzene rings is 1. The minimum absolute atomic E-state index is 0.00542. The van der Waals surface area contributed by atoms with E-state index in [1.807, 2.05) is 42.5 Å². The number of pyridine rings is 1. The van der Waals surface area contributed by atoms with Gasteiger partial charge in [-0.15, -0.1) is 11.8 Å². The average molecular weight is 307 g/mol. The summed E-state index contributed by atoms with van der Waals surface area (Å²) in [5, 5.41) is 3.56. The van der Waals surface area contributed by atoms with Gasteiger partial charge in [0.05, 0.1) is 10.8 Å². The van der Waals surface area contributed by atoms with E-state index in [0.29, 0.717) is 17.3 Å². The van der Waals surface area contributed by atoms with Gasteiger partial charge in [-0.05, 0) is 24.3 Å². The van der Waals surface area contributed by atoms with Crippen molar-refractivity contribution in [1.29, 1.82) is 0 Å². The molecule has 1 amide bonds. The van der Waals surface area contributed by atoms with Crippen molar-refractivity contribution in [3.63, 3.8) is 0 Å². The summed E-state index contributed by atoms with van der Waals surface area (Å²) in [6.07, 6.45) is 2.49. The lowest BCUT2D eigenvalue weighted by Crippen LogP contribution is -2.27. The summed E-state index contributed by atoms with van der Waals surface area (Å²) in [5.74, 6) is 0.372. The number of amides is 1. The third kappa shape index (κ3) is 4.87. The molecule has 1 heterocycles. The molecule has 0 aliphatic heterocycles. The Labute approximate surface area is 127 Å². The number of halogens is 1. The summed E-state index contributed by atoms with van der Waals surface area (Å²) in [6, 6.07) is 13.3. The minimum atomic E-state index is 0.00542. The van der Waals surface area contributed by atoms with Crippen LogP contribution in [0.1, 0.15) is 5.69 Å². The van der Waals surface area contributed by atoms with Gasteiger partial charge in [0.15, 0.2) is 0 Å². The molecule has 0 atom stereocenters. The SMILES string of the molecule is O=C(CSc1ccccc1Cl)NCCc1ccccn1. The molecule has 0 saturated heterocycles. The number of carbonyl (C=O) groups excluding carboxylic acids is 1. The molecule has 5 heteroatoms. The molecule has 104 valence electrons. The molecule has 1 aromatic heterocycles. The zero-order valence-corrected chi connectivity index (χ0v) is 12.5. The zero-order chi connectivity index (χ0) is 14.2. The Balaban J connectivity index is 1.70. The normalized spacial score (nSPS) is 10.2. The first-order valence-electron chi connectivity index (χ1n) is 6.29. The number of hydrogen-bond donors (Lipinski definition) is 1. The van der Waals surface area contributed by atoms with Crippen LogP contribution in [0.15, 0.2) is 53.6 Å². The summed E-state index contributed by atoms with van der Waals surface area (Å²) in [5.41, 5.74) is 0.978. The van der Waals surface area contributed by atoms with Crippen LogP contribution < -0.4 is 5.32 Å². The molecule has 0 saturated carbocycles. The largest absolute Gasteiger partial charge is 0.355 e. The lowest BCUT2D eigenvalue weighted by molar-refractivity contribution is -0.118. The highest BCUT2D eigenvalue weighted by molar-refractivity contribution is 8.00. The molecule has 0 bridgehead atoms. The molecule has 1 N–H and O–H groups in total. The fourth-order valence-corrected chi connectivity index (χ4v) is 2.70. The first-order chi connectivity index (χ1) is 9.75. The molecule has 2 aromatic rings. The standard InChI is InChI=1S/C15H15ClN2OS/c16-13-6-1-2-7-14(13)20-11-15(19)18-10-8-12-5-3-4-9-17-12/h1-7,9H,8,10-11H2,(H,18,19). The number of thioether (sulfide) groups is 1. The van der Waals surface area contributed by atoms with Crippen LogP contribution in [0.4, 0.5) is 0 Å². The van der Waals surface area contributed by atoms with Gasteiger partial charge >= 0.3 is 0 Å². The average Bonchev–Trinajstić information content (AvgIpc) is 2.47. The van der Waals surface area contributed by atoms with Crippen molar-refractivity contribution < 1.29 is 4.79 Å². The predicted octanol–water partition coefficient (Wildman–Crippen LogP) is 3.19. The lowest BCUT2D eigenvalue weighted by atomic mass is 10.3. The van der Waals surface area contributed by atoms with Crippen molar-refractivity contribution in [2.45, 2.75) is 11.3 Å². The van der Waals surface area contributed by atoms with Crippen LogP contribution in [0, 0.1) is 0 Å². The van der Waals surface area contributed by atoms with Gasteiger partial charge in [-0.2, -0.15) is 0 Å². The van der Waals surface area contributed by atoms with Gasteiger partial charge in [-0.25, -0.2) is 0 Å². The summed E-state index contributed by atoms with van der Waals surface area (Å²) < 4.78 is 0. The molecule has 3 nitrogen and oxygen atoms in total. The van der Waals surface area contributed by atoms with Crippen molar-refractivity contribution in [2.24, 2.45) is 0 Å². The van der Waals surface area contributed by atoms with Gasteiger partial charge in [-0.3, -0.25) is 9.78 Å². The van der Waals surface area contributed by atoms with Crippen LogP contribution in [0.25, 0.3) is 0 Å². The van der Waals surface area contributed by atoms with Gasteiger partial charge in [-0.1, -0.05) is 29.8 Å². The van der Waals surface area contributed by atoms with E-state index >= 15 is 0 Å². The monoisotopic (exact) mass is 306 g/mol. The highest BCUT2D eigenvalue weighted by Crippen LogP contribution is 2.26. The smallest absolute Gasteiger partial charge is 0.230 e. The molecule has 0 unspecified atom stereocenters. The Hall–Kier alpha value is -1.52. The number of rotatable bonds is 6. The van der Waals surface area contributed by atoms with Crippen LogP contribution in [-0.4, -0.2) is 23.2 Å². The van der Waals surface area contributed by atoms with E-state index in [9.17, 15) is 4.79 Å². The van der Waals surface area contributed by atoms with E-state index in [1.54, 1.807) is 6.20 Å². The van der Waals surface area contributed by atoms with Crippen LogP contribution in [0.5, 0.6) is 0 Å². The first-order valence-corrected chi connectivity index (χ1v) is 7.66. The van der Waals surface area contributed by atoms with Crippen LogP contribution >= 0.6 is 23.4 Å². The first kappa shape index (κ1) is 14.9. The lowest BCUT2D eigenvalue weighted by Gasteiger charge is -2.06. The molecule has 0 spiro atoms. The Morgan fingerprint density at radius 1 is 1.20 bits per heavy atom. The van der Waals surface area contributed by atoms with Crippen LogP contribution in [0.2, 0.25) is 5.02 Å². The topological polar surface area (TPSA) is 42.0 Å². The molecule has 1 aromatic carbocycles.